The van der Waals surface area contributed by atoms with Gasteiger partial charge in [0, 0.05) is 12.6 Å². The number of sulfonamides is 1. The first-order valence-electron chi connectivity index (χ1n) is 12.7. The van der Waals surface area contributed by atoms with Crippen molar-refractivity contribution in [3.05, 3.63) is 86.3 Å². The molecule has 0 aliphatic rings. The molecule has 2 amide bonds. The molecule has 0 aromatic heterocycles. The summed E-state index contributed by atoms with van der Waals surface area (Å²) in [6.45, 7) is 6.54. The third-order valence-electron chi connectivity index (χ3n) is 6.25. The fourth-order valence-corrected chi connectivity index (χ4v) is 6.45. The lowest BCUT2D eigenvalue weighted by atomic mass is 10.1. The molecule has 3 aromatic rings. The topological polar surface area (TPSA) is 96.0 Å². The fourth-order valence-electron chi connectivity index (χ4n) is 4.00. The van der Waals surface area contributed by atoms with Gasteiger partial charge < -0.3 is 15.0 Å². The van der Waals surface area contributed by atoms with E-state index in [1.165, 1.54) is 30.2 Å². The number of aryl methyl sites for hydroxylation is 1. The van der Waals surface area contributed by atoms with E-state index < -0.39 is 28.5 Å². The maximum Gasteiger partial charge on any atom is 0.264 e. The predicted molar refractivity (Wildman–Crippen MR) is 166 cm³/mol. The van der Waals surface area contributed by atoms with Crippen LogP contribution in [0.1, 0.15) is 31.9 Å². The number of carbonyl (C=O) groups excluding carboxylic acids is 2. The molecule has 1 N–H and O–H groups in total. The van der Waals surface area contributed by atoms with E-state index >= 15 is 0 Å². The van der Waals surface area contributed by atoms with Crippen molar-refractivity contribution in [3.8, 4) is 5.75 Å². The minimum Gasteiger partial charge on any atom is -0.496 e. The number of ether oxygens (including phenoxy) is 1. The zero-order chi connectivity index (χ0) is 30.5. The second-order valence-electron chi connectivity index (χ2n) is 9.75. The Balaban J connectivity index is 2.06. The van der Waals surface area contributed by atoms with Gasteiger partial charge in [-0.3, -0.25) is 13.9 Å². The van der Waals surface area contributed by atoms with Crippen LogP contribution < -0.4 is 14.4 Å². The molecule has 0 heterocycles. The van der Waals surface area contributed by atoms with Crippen LogP contribution in [0.25, 0.3) is 0 Å². The third-order valence-corrected chi connectivity index (χ3v) is 9.38. The van der Waals surface area contributed by atoms with Crippen LogP contribution in [-0.4, -0.2) is 50.9 Å². The van der Waals surface area contributed by atoms with Gasteiger partial charge in [0.15, 0.2) is 0 Å². The first kappa shape index (κ1) is 32.7. The van der Waals surface area contributed by atoms with Crippen molar-refractivity contribution < 1.29 is 22.7 Å². The number of hydrogen-bond donors (Lipinski definition) is 1. The molecular weight excluding hydrogens is 653 g/mol. The van der Waals surface area contributed by atoms with Gasteiger partial charge in [-0.25, -0.2) is 8.42 Å². The molecular formula is C29H32BrCl2N3O5S. The molecule has 0 bridgehead atoms. The normalized spacial score (nSPS) is 12.1. The van der Waals surface area contributed by atoms with E-state index in [2.05, 4.69) is 21.2 Å². The van der Waals surface area contributed by atoms with E-state index in [4.69, 9.17) is 27.9 Å². The maximum absolute atomic E-state index is 14.0. The highest BCUT2D eigenvalue weighted by Crippen LogP contribution is 2.31. The number of rotatable bonds is 11. The van der Waals surface area contributed by atoms with E-state index in [1.807, 2.05) is 20.8 Å². The van der Waals surface area contributed by atoms with Gasteiger partial charge >= 0.3 is 0 Å². The van der Waals surface area contributed by atoms with E-state index in [9.17, 15) is 18.0 Å². The fraction of sp³-hybridized carbons (Fsp3) is 0.310. The van der Waals surface area contributed by atoms with Gasteiger partial charge in [-0.15, -0.1) is 0 Å². The van der Waals surface area contributed by atoms with Crippen molar-refractivity contribution in [2.75, 3.05) is 18.0 Å². The molecule has 12 heteroatoms. The van der Waals surface area contributed by atoms with Crippen molar-refractivity contribution in [2.24, 2.45) is 0 Å². The highest BCUT2D eigenvalue weighted by molar-refractivity contribution is 9.10. The van der Waals surface area contributed by atoms with Gasteiger partial charge in [-0.2, -0.15) is 0 Å². The summed E-state index contributed by atoms with van der Waals surface area (Å²) in [4.78, 5) is 28.3. The quantitative estimate of drug-likeness (QED) is 0.259. The van der Waals surface area contributed by atoms with E-state index in [-0.39, 0.29) is 23.4 Å². The van der Waals surface area contributed by atoms with Crippen LogP contribution in [0.3, 0.4) is 0 Å². The summed E-state index contributed by atoms with van der Waals surface area (Å²) in [7, 11) is -2.76. The molecule has 0 saturated heterocycles. The van der Waals surface area contributed by atoms with Gasteiger partial charge in [0.2, 0.25) is 11.8 Å². The van der Waals surface area contributed by atoms with E-state index in [0.29, 0.717) is 31.5 Å². The summed E-state index contributed by atoms with van der Waals surface area (Å²) in [6, 6.07) is 15.0. The average molecular weight is 685 g/mol. The molecule has 0 fully saturated rings. The summed E-state index contributed by atoms with van der Waals surface area (Å²) in [5.41, 5.74) is 1.84. The highest BCUT2D eigenvalue weighted by atomic mass is 79.9. The van der Waals surface area contributed by atoms with Crippen LogP contribution in [-0.2, 0) is 26.2 Å². The summed E-state index contributed by atoms with van der Waals surface area (Å²) >= 11 is 15.6. The molecule has 3 rings (SSSR count). The number of benzene rings is 3. The zero-order valence-electron chi connectivity index (χ0n) is 23.3. The van der Waals surface area contributed by atoms with Gasteiger partial charge in [0.1, 0.15) is 18.3 Å². The lowest BCUT2D eigenvalue weighted by Gasteiger charge is -2.32. The number of carbonyl (C=O) groups is 2. The Morgan fingerprint density at radius 1 is 0.976 bits per heavy atom. The molecule has 0 saturated carbocycles. The van der Waals surface area contributed by atoms with Crippen LogP contribution in [0.5, 0.6) is 5.75 Å². The molecule has 3 aromatic carbocycles. The molecule has 8 nitrogen and oxygen atoms in total. The molecule has 1 atom stereocenters. The first-order chi connectivity index (χ1) is 19.2. The van der Waals surface area contributed by atoms with Crippen LogP contribution in [0.4, 0.5) is 5.69 Å². The molecule has 0 aliphatic heterocycles. The standard InChI is InChI=1S/C29H32BrCl2N3O5S/c1-18(2)33-29(37)20(4)34(16-21-8-12-25(31)26(32)14-21)28(36)17-35(22-9-6-19(3)7-10-22)41(38,39)23-11-13-27(40-5)24(30)15-23/h6-15,18,20H,16-17H2,1-5H3,(H,33,37)/t20-/m0/s1. The minimum absolute atomic E-state index is 0.00171. The number of amides is 2. The lowest BCUT2D eigenvalue weighted by Crippen LogP contribution is -2.52. The Hall–Kier alpha value is -2.79. The van der Waals surface area contributed by atoms with Crippen LogP contribution >= 0.6 is 39.1 Å². The predicted octanol–water partition coefficient (Wildman–Crippen LogP) is 6.21. The molecule has 0 spiro atoms. The van der Waals surface area contributed by atoms with Crippen LogP contribution in [0.2, 0.25) is 10.0 Å². The summed E-state index contributed by atoms with van der Waals surface area (Å²) in [5, 5.41) is 3.46. The largest absolute Gasteiger partial charge is 0.496 e. The number of anilines is 1. The Bertz CT molecular complexity index is 1520. The van der Waals surface area contributed by atoms with Gasteiger partial charge in [-0.1, -0.05) is 47.0 Å². The molecule has 0 aliphatic carbocycles. The van der Waals surface area contributed by atoms with Crippen molar-refractivity contribution in [1.29, 1.82) is 0 Å². The Labute approximate surface area is 259 Å². The van der Waals surface area contributed by atoms with Gasteiger partial charge in [-0.05, 0) is 91.7 Å². The number of nitrogens with zero attached hydrogens (tertiary/aromatic N) is 2. The van der Waals surface area contributed by atoms with Gasteiger partial charge in [0.05, 0.1) is 32.2 Å². The lowest BCUT2D eigenvalue weighted by molar-refractivity contribution is -0.139. The zero-order valence-corrected chi connectivity index (χ0v) is 27.2. The second kappa shape index (κ2) is 13.9. The maximum atomic E-state index is 14.0. The Morgan fingerprint density at radius 3 is 2.20 bits per heavy atom. The smallest absolute Gasteiger partial charge is 0.264 e. The summed E-state index contributed by atoms with van der Waals surface area (Å²) < 4.78 is 34.7. The van der Waals surface area contributed by atoms with E-state index in [0.717, 1.165) is 9.87 Å². The molecule has 220 valence electrons. The van der Waals surface area contributed by atoms with Crippen molar-refractivity contribution >= 4 is 66.7 Å². The number of halogens is 3. The monoisotopic (exact) mass is 683 g/mol. The van der Waals surface area contributed by atoms with Crippen LogP contribution in [0, 0.1) is 6.92 Å². The number of nitrogens with one attached hydrogen (secondary N) is 1. The van der Waals surface area contributed by atoms with Crippen molar-refractivity contribution in [3.63, 3.8) is 0 Å². The molecule has 0 radical (unpaired) electrons. The average Bonchev–Trinajstić information content (AvgIpc) is 2.91. The van der Waals surface area contributed by atoms with Crippen LogP contribution in [0.15, 0.2) is 70.0 Å². The number of hydrogen-bond acceptors (Lipinski definition) is 5. The minimum atomic E-state index is -4.23. The first-order valence-corrected chi connectivity index (χ1v) is 15.7. The van der Waals surface area contributed by atoms with Crippen molar-refractivity contribution in [2.45, 2.75) is 51.2 Å². The van der Waals surface area contributed by atoms with Gasteiger partial charge in [0.25, 0.3) is 10.0 Å². The number of methoxy groups -OCH3 is 1. The molecule has 0 unspecified atom stereocenters. The summed E-state index contributed by atoms with van der Waals surface area (Å²) in [5.74, 6) is -0.504. The SMILES string of the molecule is COc1ccc(S(=O)(=O)N(CC(=O)N(Cc2ccc(Cl)c(Cl)c2)[C@@H](C)C(=O)NC(C)C)c2ccc(C)cc2)cc1Br. The van der Waals surface area contributed by atoms with E-state index in [1.54, 1.807) is 49.4 Å². The highest BCUT2D eigenvalue weighted by Gasteiger charge is 2.33. The second-order valence-corrected chi connectivity index (χ2v) is 13.3. The third kappa shape index (κ3) is 8.16. The van der Waals surface area contributed by atoms with Crippen molar-refractivity contribution in [1.82, 2.24) is 10.2 Å². The Morgan fingerprint density at radius 2 is 1.63 bits per heavy atom. The Kier molecular flexibility index (Phi) is 11.1. The summed E-state index contributed by atoms with van der Waals surface area (Å²) in [6.07, 6.45) is 0. The molecule has 41 heavy (non-hydrogen) atoms.